The number of phenols is 1. The monoisotopic (exact) mass is 284 g/mol. The summed E-state index contributed by atoms with van der Waals surface area (Å²) in [7, 11) is 1.70. The molecule has 19 heavy (non-hydrogen) atoms. The maximum absolute atomic E-state index is 12.1. The van der Waals surface area contributed by atoms with Gasteiger partial charge in [0.15, 0.2) is 0 Å². The molecule has 0 radical (unpaired) electrons. The second kappa shape index (κ2) is 6.78. The Labute approximate surface area is 119 Å². The molecule has 0 spiro atoms. The smallest absolute Gasteiger partial charge is 0.257 e. The topological polar surface area (TPSA) is 66.6 Å². The van der Waals surface area contributed by atoms with E-state index in [0.29, 0.717) is 17.5 Å². The molecule has 0 saturated heterocycles. The van der Waals surface area contributed by atoms with E-state index in [0.717, 1.165) is 6.42 Å². The molecule has 106 valence electrons. The predicted octanol–water partition coefficient (Wildman–Crippen LogP) is 2.49. The average Bonchev–Trinajstić information content (AvgIpc) is 2.34. The highest BCUT2D eigenvalue weighted by Crippen LogP contribution is 2.23. The lowest BCUT2D eigenvalue weighted by Gasteiger charge is -2.22. The summed E-state index contributed by atoms with van der Waals surface area (Å²) in [4.78, 5) is 13.7. The lowest BCUT2D eigenvalue weighted by molar-refractivity contribution is 0.0786. The highest BCUT2D eigenvalue weighted by atomic mass is 35.5. The van der Waals surface area contributed by atoms with Crippen LogP contribution in [0.15, 0.2) is 18.2 Å². The second-order valence-electron chi connectivity index (χ2n) is 5.08. The summed E-state index contributed by atoms with van der Waals surface area (Å²) in [6.45, 7) is 4.66. The van der Waals surface area contributed by atoms with Crippen LogP contribution >= 0.6 is 11.6 Å². The first kappa shape index (κ1) is 15.8. The van der Waals surface area contributed by atoms with E-state index in [1.54, 1.807) is 18.0 Å². The lowest BCUT2D eigenvalue weighted by Crippen LogP contribution is -2.34. The van der Waals surface area contributed by atoms with Crippen molar-refractivity contribution in [3.63, 3.8) is 0 Å². The highest BCUT2D eigenvalue weighted by molar-refractivity contribution is 6.30. The number of benzene rings is 1. The Morgan fingerprint density at radius 1 is 1.47 bits per heavy atom. The van der Waals surface area contributed by atoms with E-state index in [2.05, 4.69) is 13.8 Å². The van der Waals surface area contributed by atoms with Crippen molar-refractivity contribution in [3.05, 3.63) is 28.8 Å². The molecule has 3 N–H and O–H groups in total. The van der Waals surface area contributed by atoms with Crippen molar-refractivity contribution in [2.75, 3.05) is 13.6 Å². The Morgan fingerprint density at radius 2 is 2.11 bits per heavy atom. The van der Waals surface area contributed by atoms with Crippen molar-refractivity contribution in [2.45, 2.75) is 26.3 Å². The maximum Gasteiger partial charge on any atom is 0.257 e. The first-order valence-corrected chi connectivity index (χ1v) is 6.70. The van der Waals surface area contributed by atoms with Crippen molar-refractivity contribution in [2.24, 2.45) is 11.7 Å². The van der Waals surface area contributed by atoms with Gasteiger partial charge in [-0.25, -0.2) is 0 Å². The fourth-order valence-electron chi connectivity index (χ4n) is 1.67. The first-order valence-electron chi connectivity index (χ1n) is 6.32. The molecular formula is C14H21ClN2O2. The molecule has 1 atom stereocenters. The van der Waals surface area contributed by atoms with Gasteiger partial charge in [0, 0.05) is 24.7 Å². The van der Waals surface area contributed by atoms with Gasteiger partial charge in [0.2, 0.25) is 0 Å². The number of nitrogens with two attached hydrogens (primary N) is 1. The molecule has 1 unspecified atom stereocenters. The number of rotatable bonds is 5. The van der Waals surface area contributed by atoms with Gasteiger partial charge in [0.05, 0.1) is 5.56 Å². The van der Waals surface area contributed by atoms with Crippen molar-refractivity contribution < 1.29 is 9.90 Å². The summed E-state index contributed by atoms with van der Waals surface area (Å²) in [6.07, 6.45) is 0.730. The maximum atomic E-state index is 12.1. The largest absolute Gasteiger partial charge is 0.507 e. The Kier molecular flexibility index (Phi) is 5.63. The second-order valence-corrected chi connectivity index (χ2v) is 5.52. The van der Waals surface area contributed by atoms with Crippen molar-refractivity contribution in [1.29, 1.82) is 0 Å². The number of hydrogen-bond acceptors (Lipinski definition) is 3. The van der Waals surface area contributed by atoms with Crippen LogP contribution in [0.1, 0.15) is 30.6 Å². The summed E-state index contributed by atoms with van der Waals surface area (Å²) in [5.41, 5.74) is 6.20. The highest BCUT2D eigenvalue weighted by Gasteiger charge is 2.17. The Hall–Kier alpha value is -1.26. The predicted molar refractivity (Wildman–Crippen MR) is 77.5 cm³/mol. The van der Waals surface area contributed by atoms with Crippen LogP contribution in [0.4, 0.5) is 0 Å². The Bertz CT molecular complexity index is 449. The number of carbonyl (C=O) groups is 1. The zero-order valence-corrected chi connectivity index (χ0v) is 12.3. The normalized spacial score (nSPS) is 12.5. The molecule has 0 aliphatic rings. The molecule has 0 heterocycles. The van der Waals surface area contributed by atoms with Gasteiger partial charge in [0.25, 0.3) is 5.91 Å². The molecule has 0 saturated carbocycles. The SMILES string of the molecule is CC(C)C(N)CCN(C)C(=O)c1ccc(Cl)cc1O. The van der Waals surface area contributed by atoms with Crippen LogP contribution in [0, 0.1) is 5.92 Å². The number of amides is 1. The van der Waals surface area contributed by atoms with Gasteiger partial charge in [-0.05, 0) is 30.5 Å². The van der Waals surface area contributed by atoms with Crippen LogP contribution in [-0.4, -0.2) is 35.5 Å². The standard InChI is InChI=1S/C14H21ClN2O2/c1-9(2)12(16)6-7-17(3)14(19)11-5-4-10(15)8-13(11)18/h4-5,8-9,12,18H,6-7,16H2,1-3H3. The van der Waals surface area contributed by atoms with E-state index >= 15 is 0 Å². The fraction of sp³-hybridized carbons (Fsp3) is 0.500. The summed E-state index contributed by atoms with van der Waals surface area (Å²) in [6, 6.07) is 4.54. The van der Waals surface area contributed by atoms with E-state index < -0.39 is 0 Å². The summed E-state index contributed by atoms with van der Waals surface area (Å²) < 4.78 is 0. The quantitative estimate of drug-likeness (QED) is 0.873. The molecule has 1 amide bonds. The number of halogens is 1. The van der Waals surface area contributed by atoms with Crippen LogP contribution in [0.5, 0.6) is 5.75 Å². The minimum absolute atomic E-state index is 0.0639. The van der Waals surface area contributed by atoms with Gasteiger partial charge in [-0.3, -0.25) is 4.79 Å². The first-order chi connectivity index (χ1) is 8.82. The van der Waals surface area contributed by atoms with Crippen LogP contribution < -0.4 is 5.73 Å². The summed E-state index contributed by atoms with van der Waals surface area (Å²) in [5.74, 6) is 0.0510. The van der Waals surface area contributed by atoms with Gasteiger partial charge in [0.1, 0.15) is 5.75 Å². The lowest BCUT2D eigenvalue weighted by atomic mass is 10.0. The Balaban J connectivity index is 2.66. The summed E-state index contributed by atoms with van der Waals surface area (Å²) in [5, 5.41) is 10.1. The number of aromatic hydroxyl groups is 1. The number of nitrogens with zero attached hydrogens (tertiary/aromatic N) is 1. The third-order valence-electron chi connectivity index (χ3n) is 3.19. The van der Waals surface area contributed by atoms with Crippen LogP contribution in [0.3, 0.4) is 0 Å². The zero-order valence-electron chi connectivity index (χ0n) is 11.6. The van der Waals surface area contributed by atoms with Crippen LogP contribution in [0.2, 0.25) is 5.02 Å². The molecule has 0 aliphatic heterocycles. The van der Waals surface area contributed by atoms with Crippen LogP contribution in [-0.2, 0) is 0 Å². The van der Waals surface area contributed by atoms with Crippen LogP contribution in [0.25, 0.3) is 0 Å². The minimum atomic E-state index is -0.231. The van der Waals surface area contributed by atoms with Gasteiger partial charge in [-0.15, -0.1) is 0 Å². The molecule has 0 bridgehead atoms. The molecule has 5 heteroatoms. The minimum Gasteiger partial charge on any atom is -0.507 e. The molecular weight excluding hydrogens is 264 g/mol. The van der Waals surface area contributed by atoms with Crippen molar-refractivity contribution >= 4 is 17.5 Å². The fourth-order valence-corrected chi connectivity index (χ4v) is 1.84. The Morgan fingerprint density at radius 3 is 2.63 bits per heavy atom. The van der Waals surface area contributed by atoms with Crippen molar-refractivity contribution in [3.8, 4) is 5.75 Å². The van der Waals surface area contributed by atoms with Gasteiger partial charge < -0.3 is 15.7 Å². The molecule has 1 rings (SSSR count). The van der Waals surface area contributed by atoms with E-state index in [9.17, 15) is 9.90 Å². The van der Waals surface area contributed by atoms with E-state index in [1.165, 1.54) is 12.1 Å². The zero-order chi connectivity index (χ0) is 14.6. The van der Waals surface area contributed by atoms with Gasteiger partial charge >= 0.3 is 0 Å². The number of phenolic OH excluding ortho intramolecular Hbond substituents is 1. The number of hydrogen-bond donors (Lipinski definition) is 2. The third kappa shape index (κ3) is 4.40. The molecule has 0 aliphatic carbocycles. The summed E-state index contributed by atoms with van der Waals surface area (Å²) >= 11 is 5.74. The average molecular weight is 285 g/mol. The molecule has 0 aromatic heterocycles. The molecule has 1 aromatic carbocycles. The van der Waals surface area contributed by atoms with E-state index in [-0.39, 0.29) is 23.3 Å². The van der Waals surface area contributed by atoms with Crippen molar-refractivity contribution in [1.82, 2.24) is 4.90 Å². The molecule has 4 nitrogen and oxygen atoms in total. The van der Waals surface area contributed by atoms with Gasteiger partial charge in [-0.1, -0.05) is 25.4 Å². The van der Waals surface area contributed by atoms with Gasteiger partial charge in [-0.2, -0.15) is 0 Å². The van der Waals surface area contributed by atoms with E-state index in [1.807, 2.05) is 0 Å². The van der Waals surface area contributed by atoms with E-state index in [4.69, 9.17) is 17.3 Å². The third-order valence-corrected chi connectivity index (χ3v) is 3.43. The molecule has 0 fully saturated rings. The number of carbonyl (C=O) groups excluding carboxylic acids is 1. The molecule has 1 aromatic rings.